The number of hydrogen-bond acceptors (Lipinski definition) is 4. The SMILES string of the molecule is CCCOc1c2cccc1Cc1ccc3c(c1OCCC)Cc1c(ccc(c1OCCC)Cc1cccc(c1OCCC)C2)C3c1ccccc1. The monoisotopic (exact) mass is 680 g/mol. The summed E-state index contributed by atoms with van der Waals surface area (Å²) in [5.41, 5.74) is 13.6. The molecule has 5 aromatic rings. The van der Waals surface area contributed by atoms with Gasteiger partial charge in [-0.05, 0) is 75.8 Å². The Bertz CT molecular complexity index is 1840. The highest BCUT2D eigenvalue weighted by molar-refractivity contribution is 5.65. The van der Waals surface area contributed by atoms with Gasteiger partial charge in [0, 0.05) is 42.7 Å². The molecule has 0 radical (unpaired) electrons. The maximum Gasteiger partial charge on any atom is 0.126 e. The van der Waals surface area contributed by atoms with Gasteiger partial charge in [0.25, 0.3) is 0 Å². The van der Waals surface area contributed by atoms with Crippen LogP contribution in [0.1, 0.15) is 120 Å². The van der Waals surface area contributed by atoms with Crippen molar-refractivity contribution in [2.24, 2.45) is 0 Å². The molecule has 0 unspecified atom stereocenters. The van der Waals surface area contributed by atoms with Crippen LogP contribution in [0.2, 0.25) is 0 Å². The molecule has 0 atom stereocenters. The summed E-state index contributed by atoms with van der Waals surface area (Å²) in [6.07, 6.45) is 6.70. The second-order valence-corrected chi connectivity index (χ2v) is 14.0. The van der Waals surface area contributed by atoms with Crippen molar-refractivity contribution in [3.05, 3.63) is 152 Å². The average Bonchev–Trinajstić information content (AvgIpc) is 3.15. The molecule has 0 aliphatic heterocycles. The Kier molecular flexibility index (Phi) is 11.0. The number of ether oxygens (including phenoxy) is 4. The van der Waals surface area contributed by atoms with Crippen molar-refractivity contribution in [3.8, 4) is 23.0 Å². The third kappa shape index (κ3) is 7.11. The van der Waals surface area contributed by atoms with Gasteiger partial charge in [-0.1, -0.05) is 119 Å². The molecule has 0 heterocycles. The van der Waals surface area contributed by atoms with E-state index in [0.717, 1.165) is 74.4 Å². The second kappa shape index (κ2) is 16.1. The lowest BCUT2D eigenvalue weighted by molar-refractivity contribution is 0.304. The number of fused-ring (bicyclic) bond motifs is 6. The molecule has 0 saturated heterocycles. The Morgan fingerprint density at radius 1 is 0.392 bits per heavy atom. The van der Waals surface area contributed by atoms with Gasteiger partial charge in [0.05, 0.1) is 26.4 Å². The number of benzene rings is 5. The minimum absolute atomic E-state index is 0.0680. The summed E-state index contributed by atoms with van der Waals surface area (Å²) in [5, 5.41) is 0. The summed E-state index contributed by atoms with van der Waals surface area (Å²) >= 11 is 0. The molecule has 4 heteroatoms. The van der Waals surface area contributed by atoms with Crippen molar-refractivity contribution < 1.29 is 18.9 Å². The van der Waals surface area contributed by atoms with Crippen LogP contribution in [0.4, 0.5) is 0 Å². The van der Waals surface area contributed by atoms with Crippen LogP contribution in [0.5, 0.6) is 23.0 Å². The molecule has 0 N–H and O–H groups in total. The zero-order valence-electron chi connectivity index (χ0n) is 30.9. The van der Waals surface area contributed by atoms with Crippen molar-refractivity contribution in [2.75, 3.05) is 26.4 Å². The van der Waals surface area contributed by atoms with Crippen LogP contribution in [0.25, 0.3) is 0 Å². The third-order valence-corrected chi connectivity index (χ3v) is 10.2. The molecular formula is C47H52O4. The largest absolute Gasteiger partial charge is 0.493 e. The summed E-state index contributed by atoms with van der Waals surface area (Å²) in [5.74, 6) is 4.09. The minimum atomic E-state index is 0.0680. The first-order valence-corrected chi connectivity index (χ1v) is 19.2. The molecule has 0 fully saturated rings. The maximum atomic E-state index is 6.83. The van der Waals surface area contributed by atoms with Gasteiger partial charge in [0.2, 0.25) is 0 Å². The van der Waals surface area contributed by atoms with Gasteiger partial charge in [0.15, 0.2) is 0 Å². The van der Waals surface area contributed by atoms with Crippen LogP contribution >= 0.6 is 0 Å². The van der Waals surface area contributed by atoms with E-state index in [2.05, 4.69) is 119 Å². The third-order valence-electron chi connectivity index (χ3n) is 10.2. The van der Waals surface area contributed by atoms with E-state index in [0.29, 0.717) is 26.4 Å². The number of rotatable bonds is 13. The van der Waals surface area contributed by atoms with Gasteiger partial charge in [-0.25, -0.2) is 0 Å². The lowest BCUT2D eigenvalue weighted by Crippen LogP contribution is -2.19. The van der Waals surface area contributed by atoms with Crippen molar-refractivity contribution in [2.45, 2.75) is 85.0 Å². The second-order valence-electron chi connectivity index (χ2n) is 14.0. The predicted octanol–water partition coefficient (Wildman–Crippen LogP) is 11.0. The zero-order valence-corrected chi connectivity index (χ0v) is 30.9. The maximum absolute atomic E-state index is 6.83. The van der Waals surface area contributed by atoms with Crippen LogP contribution in [-0.2, 0) is 25.7 Å². The molecule has 0 aromatic heterocycles. The van der Waals surface area contributed by atoms with Gasteiger partial charge >= 0.3 is 0 Å². The van der Waals surface area contributed by atoms with E-state index in [-0.39, 0.29) is 5.92 Å². The normalized spacial score (nSPS) is 13.3. The summed E-state index contributed by atoms with van der Waals surface area (Å²) in [7, 11) is 0. The van der Waals surface area contributed by atoms with Crippen molar-refractivity contribution >= 4 is 0 Å². The van der Waals surface area contributed by atoms with Crippen LogP contribution in [0.15, 0.2) is 91.0 Å². The van der Waals surface area contributed by atoms with E-state index in [1.807, 2.05) is 0 Å². The zero-order chi connectivity index (χ0) is 35.2. The van der Waals surface area contributed by atoms with E-state index in [1.54, 1.807) is 0 Å². The molecule has 51 heavy (non-hydrogen) atoms. The minimum Gasteiger partial charge on any atom is -0.493 e. The van der Waals surface area contributed by atoms with Gasteiger partial charge < -0.3 is 18.9 Å². The number of hydrogen-bond donors (Lipinski definition) is 0. The highest BCUT2D eigenvalue weighted by atomic mass is 16.5. The highest BCUT2D eigenvalue weighted by Gasteiger charge is 2.33. The van der Waals surface area contributed by atoms with E-state index in [1.165, 1.54) is 61.2 Å². The lowest BCUT2D eigenvalue weighted by Gasteiger charge is -2.33. The molecule has 0 spiro atoms. The first-order chi connectivity index (χ1) is 25.1. The Labute approximate surface area is 304 Å². The van der Waals surface area contributed by atoms with E-state index >= 15 is 0 Å². The first-order valence-electron chi connectivity index (χ1n) is 19.2. The topological polar surface area (TPSA) is 36.9 Å². The molecule has 7 rings (SSSR count). The number of para-hydroxylation sites is 2. The fraction of sp³-hybridized carbons (Fsp3) is 0.362. The van der Waals surface area contributed by atoms with Gasteiger partial charge in [-0.15, -0.1) is 0 Å². The molecular weight excluding hydrogens is 629 g/mol. The lowest BCUT2D eigenvalue weighted by atomic mass is 9.73. The Balaban J connectivity index is 1.52. The smallest absolute Gasteiger partial charge is 0.126 e. The highest BCUT2D eigenvalue weighted by Crippen LogP contribution is 2.49. The van der Waals surface area contributed by atoms with Crippen LogP contribution in [-0.4, -0.2) is 26.4 Å². The molecule has 5 aromatic carbocycles. The molecule has 8 bridgehead atoms. The summed E-state index contributed by atoms with van der Waals surface area (Å²) in [4.78, 5) is 0. The first kappa shape index (κ1) is 34.7. The molecule has 264 valence electrons. The Hall–Kier alpha value is -4.70. The van der Waals surface area contributed by atoms with Crippen molar-refractivity contribution in [1.82, 2.24) is 0 Å². The standard InChI is InChI=1S/C47H52O4/c1-5-24-48-44-33-16-12-18-35(44)29-37-20-22-39-41(46(37)50-26-7-3)31-42-40(43(39)32-14-10-9-11-15-32)23-21-38(47(42)51-27-8-4)30-36-19-13-17-34(28-33)45(36)49-25-6-2/h9-23,43H,5-8,24-31H2,1-4H3. The average molecular weight is 681 g/mol. The molecule has 0 amide bonds. The summed E-state index contributed by atoms with van der Waals surface area (Å²) in [6, 6.07) is 33.6. The predicted molar refractivity (Wildman–Crippen MR) is 208 cm³/mol. The molecule has 4 nitrogen and oxygen atoms in total. The summed E-state index contributed by atoms with van der Waals surface area (Å²) < 4.78 is 27.0. The Morgan fingerprint density at radius 3 is 1.16 bits per heavy atom. The van der Waals surface area contributed by atoms with E-state index in [4.69, 9.17) is 18.9 Å². The quantitative estimate of drug-likeness (QED) is 0.121. The van der Waals surface area contributed by atoms with Crippen molar-refractivity contribution in [3.63, 3.8) is 0 Å². The van der Waals surface area contributed by atoms with E-state index in [9.17, 15) is 0 Å². The molecule has 2 aliphatic carbocycles. The fourth-order valence-corrected chi connectivity index (χ4v) is 7.91. The van der Waals surface area contributed by atoms with Crippen LogP contribution in [0, 0.1) is 0 Å². The fourth-order valence-electron chi connectivity index (χ4n) is 7.91. The summed E-state index contributed by atoms with van der Waals surface area (Å²) in [6.45, 7) is 11.4. The molecule has 0 saturated carbocycles. The Morgan fingerprint density at radius 2 is 0.765 bits per heavy atom. The van der Waals surface area contributed by atoms with Gasteiger partial charge in [-0.2, -0.15) is 0 Å². The van der Waals surface area contributed by atoms with Crippen LogP contribution < -0.4 is 18.9 Å². The molecule has 2 aliphatic rings. The van der Waals surface area contributed by atoms with Crippen molar-refractivity contribution in [1.29, 1.82) is 0 Å². The van der Waals surface area contributed by atoms with Gasteiger partial charge in [0.1, 0.15) is 23.0 Å². The van der Waals surface area contributed by atoms with Gasteiger partial charge in [-0.3, -0.25) is 0 Å². The van der Waals surface area contributed by atoms with E-state index < -0.39 is 0 Å². The van der Waals surface area contributed by atoms with Crippen LogP contribution in [0.3, 0.4) is 0 Å².